The fourth-order valence-electron chi connectivity index (χ4n) is 2.43. The fraction of sp³-hybridized carbons (Fsp3) is 0.250. The predicted octanol–water partition coefficient (Wildman–Crippen LogP) is 4.02. The summed E-state index contributed by atoms with van der Waals surface area (Å²) in [5.74, 6) is -1.15. The van der Waals surface area contributed by atoms with Crippen molar-refractivity contribution in [2.75, 3.05) is 22.5 Å². The second-order valence-corrected chi connectivity index (χ2v) is 6.68. The average molecular weight is 420 g/mol. The van der Waals surface area contributed by atoms with Crippen LogP contribution in [0.15, 0.2) is 42.5 Å². The first-order chi connectivity index (χ1) is 13.9. The highest BCUT2D eigenvalue weighted by Crippen LogP contribution is 2.38. The van der Waals surface area contributed by atoms with Gasteiger partial charge in [0, 0.05) is 24.0 Å². The molecule has 0 aromatic heterocycles. The standard InChI is InChI=1S/C20H19F3N4O3/c1-12(28)26-14-6-4-13(5-7-14)25-11-19(2,30)18(29)27-15-8-9-17(24-3)16(10-15)20(21,22)23/h4-10,25,30H,11H2,1-2H3,(H,26,28)(H,27,29)/t19-/m0/s1. The summed E-state index contributed by atoms with van der Waals surface area (Å²) in [7, 11) is 0. The number of hydrogen-bond donors (Lipinski definition) is 4. The predicted molar refractivity (Wildman–Crippen MR) is 106 cm³/mol. The molecule has 158 valence electrons. The number of hydrogen-bond acceptors (Lipinski definition) is 4. The number of halogens is 3. The van der Waals surface area contributed by atoms with E-state index < -0.39 is 28.9 Å². The maximum Gasteiger partial charge on any atom is 0.407 e. The summed E-state index contributed by atoms with van der Waals surface area (Å²) in [5, 5.41) is 18.1. The second-order valence-electron chi connectivity index (χ2n) is 6.68. The molecule has 0 aliphatic carbocycles. The number of benzene rings is 2. The van der Waals surface area contributed by atoms with Crippen LogP contribution in [0.4, 0.5) is 35.9 Å². The molecule has 0 saturated carbocycles. The van der Waals surface area contributed by atoms with Crippen molar-refractivity contribution < 1.29 is 27.9 Å². The Kier molecular flexibility index (Phi) is 6.69. The van der Waals surface area contributed by atoms with Crippen molar-refractivity contribution >= 4 is 34.6 Å². The van der Waals surface area contributed by atoms with Gasteiger partial charge in [-0.25, -0.2) is 4.85 Å². The monoisotopic (exact) mass is 420 g/mol. The molecule has 2 aromatic rings. The number of amides is 2. The second kappa shape index (κ2) is 8.84. The number of nitrogens with one attached hydrogen (secondary N) is 3. The number of aliphatic hydroxyl groups is 1. The molecule has 2 aromatic carbocycles. The summed E-state index contributed by atoms with van der Waals surface area (Å²) in [6.07, 6.45) is -4.76. The average Bonchev–Trinajstić information content (AvgIpc) is 2.66. The Morgan fingerprint density at radius 1 is 1.03 bits per heavy atom. The number of alkyl halides is 3. The quantitative estimate of drug-likeness (QED) is 0.531. The van der Waals surface area contributed by atoms with E-state index in [0.717, 1.165) is 12.1 Å². The molecule has 0 unspecified atom stereocenters. The van der Waals surface area contributed by atoms with E-state index in [-0.39, 0.29) is 18.1 Å². The van der Waals surface area contributed by atoms with E-state index in [0.29, 0.717) is 17.4 Å². The highest BCUT2D eigenvalue weighted by molar-refractivity contribution is 5.97. The third kappa shape index (κ3) is 5.96. The molecule has 0 aliphatic rings. The Morgan fingerprint density at radius 3 is 2.13 bits per heavy atom. The minimum atomic E-state index is -4.76. The first-order valence-corrected chi connectivity index (χ1v) is 8.66. The van der Waals surface area contributed by atoms with E-state index >= 15 is 0 Å². The lowest BCUT2D eigenvalue weighted by atomic mass is 10.1. The molecule has 2 amide bonds. The van der Waals surface area contributed by atoms with E-state index in [4.69, 9.17) is 6.57 Å². The van der Waals surface area contributed by atoms with Crippen molar-refractivity contribution in [2.45, 2.75) is 25.6 Å². The van der Waals surface area contributed by atoms with Crippen LogP contribution in [0.3, 0.4) is 0 Å². The van der Waals surface area contributed by atoms with Gasteiger partial charge in [0.25, 0.3) is 5.91 Å². The third-order valence-corrected chi connectivity index (χ3v) is 4.01. The number of carbonyl (C=O) groups excluding carboxylic acids is 2. The minimum absolute atomic E-state index is 0.195. The molecule has 0 bridgehead atoms. The molecular formula is C20H19F3N4O3. The van der Waals surface area contributed by atoms with Gasteiger partial charge in [0.05, 0.1) is 18.7 Å². The van der Waals surface area contributed by atoms with Gasteiger partial charge < -0.3 is 21.1 Å². The lowest BCUT2D eigenvalue weighted by molar-refractivity contribution is -0.137. The van der Waals surface area contributed by atoms with E-state index in [1.165, 1.54) is 13.8 Å². The van der Waals surface area contributed by atoms with Crippen molar-refractivity contribution in [3.05, 3.63) is 59.4 Å². The zero-order chi connectivity index (χ0) is 22.5. The highest BCUT2D eigenvalue weighted by atomic mass is 19.4. The number of anilines is 3. The molecule has 0 radical (unpaired) electrons. The molecule has 30 heavy (non-hydrogen) atoms. The van der Waals surface area contributed by atoms with Crippen molar-refractivity contribution in [3.8, 4) is 0 Å². The van der Waals surface area contributed by atoms with Crippen molar-refractivity contribution in [1.29, 1.82) is 0 Å². The van der Waals surface area contributed by atoms with E-state index in [1.54, 1.807) is 24.3 Å². The molecule has 2 rings (SSSR count). The highest BCUT2D eigenvalue weighted by Gasteiger charge is 2.35. The van der Waals surface area contributed by atoms with Crippen LogP contribution in [0.2, 0.25) is 0 Å². The summed E-state index contributed by atoms with van der Waals surface area (Å²) in [5.41, 5.74) is -2.78. The molecule has 10 heteroatoms. The number of rotatable bonds is 6. The van der Waals surface area contributed by atoms with Gasteiger partial charge in [-0.3, -0.25) is 9.59 Å². The first kappa shape index (κ1) is 22.7. The fourth-order valence-corrected chi connectivity index (χ4v) is 2.43. The maximum absolute atomic E-state index is 13.1. The first-order valence-electron chi connectivity index (χ1n) is 8.66. The van der Waals surface area contributed by atoms with Gasteiger partial charge >= 0.3 is 6.18 Å². The lowest BCUT2D eigenvalue weighted by Crippen LogP contribution is -2.45. The minimum Gasteiger partial charge on any atom is -0.382 e. The van der Waals surface area contributed by atoms with Gasteiger partial charge in [-0.05, 0) is 43.3 Å². The SMILES string of the molecule is [C-]#[N+]c1ccc(NC(=O)[C@@](C)(O)CNc2ccc(NC(C)=O)cc2)cc1C(F)(F)F. The van der Waals surface area contributed by atoms with Crippen LogP contribution >= 0.6 is 0 Å². The molecule has 7 nitrogen and oxygen atoms in total. The molecule has 4 N–H and O–H groups in total. The van der Waals surface area contributed by atoms with Gasteiger partial charge in [-0.1, -0.05) is 6.07 Å². The lowest BCUT2D eigenvalue weighted by Gasteiger charge is -2.23. The summed E-state index contributed by atoms with van der Waals surface area (Å²) < 4.78 is 39.2. The molecule has 0 fully saturated rings. The largest absolute Gasteiger partial charge is 0.407 e. The van der Waals surface area contributed by atoms with Crippen LogP contribution in [0.25, 0.3) is 4.85 Å². The number of carbonyl (C=O) groups is 2. The Labute approximate surface area is 170 Å². The number of nitrogens with zero attached hydrogens (tertiary/aromatic N) is 1. The van der Waals surface area contributed by atoms with Gasteiger partial charge in [-0.2, -0.15) is 13.2 Å². The van der Waals surface area contributed by atoms with Gasteiger partial charge in [-0.15, -0.1) is 0 Å². The molecule has 1 atom stereocenters. The zero-order valence-electron chi connectivity index (χ0n) is 16.1. The summed E-state index contributed by atoms with van der Waals surface area (Å²) in [6, 6.07) is 9.25. The Bertz CT molecular complexity index is 980. The van der Waals surface area contributed by atoms with Crippen molar-refractivity contribution in [1.82, 2.24) is 0 Å². The molecule has 0 aliphatic heterocycles. The molecule has 0 heterocycles. The van der Waals surface area contributed by atoms with E-state index in [2.05, 4.69) is 20.8 Å². The molecule has 0 saturated heterocycles. The Hall–Kier alpha value is -3.58. The van der Waals surface area contributed by atoms with Crippen LogP contribution in [-0.2, 0) is 15.8 Å². The Morgan fingerprint density at radius 2 is 1.60 bits per heavy atom. The Balaban J connectivity index is 2.05. The van der Waals surface area contributed by atoms with Crippen LogP contribution < -0.4 is 16.0 Å². The molecule has 0 spiro atoms. The normalized spacial score (nSPS) is 13.0. The van der Waals surface area contributed by atoms with Crippen LogP contribution in [-0.4, -0.2) is 29.1 Å². The maximum atomic E-state index is 13.1. The smallest absolute Gasteiger partial charge is 0.382 e. The van der Waals surface area contributed by atoms with Crippen LogP contribution in [0.5, 0.6) is 0 Å². The summed E-state index contributed by atoms with van der Waals surface area (Å²) >= 11 is 0. The summed E-state index contributed by atoms with van der Waals surface area (Å²) in [4.78, 5) is 26.2. The van der Waals surface area contributed by atoms with Crippen molar-refractivity contribution in [3.63, 3.8) is 0 Å². The van der Waals surface area contributed by atoms with Crippen LogP contribution in [0.1, 0.15) is 19.4 Å². The third-order valence-electron chi connectivity index (χ3n) is 4.01. The molecular weight excluding hydrogens is 401 g/mol. The summed E-state index contributed by atoms with van der Waals surface area (Å²) in [6.45, 7) is 9.17. The van der Waals surface area contributed by atoms with Crippen molar-refractivity contribution in [2.24, 2.45) is 0 Å². The van der Waals surface area contributed by atoms with Gasteiger partial charge in [0.1, 0.15) is 0 Å². The topological polar surface area (TPSA) is 94.8 Å². The van der Waals surface area contributed by atoms with E-state index in [9.17, 15) is 27.9 Å². The van der Waals surface area contributed by atoms with Gasteiger partial charge in [0.2, 0.25) is 5.91 Å². The zero-order valence-corrected chi connectivity index (χ0v) is 16.1. The van der Waals surface area contributed by atoms with Gasteiger partial charge in [0.15, 0.2) is 11.3 Å². The van der Waals surface area contributed by atoms with Crippen LogP contribution in [0, 0.1) is 6.57 Å². The van der Waals surface area contributed by atoms with E-state index in [1.807, 2.05) is 0 Å².